The first kappa shape index (κ1) is 17.6. The Kier molecular flexibility index (Phi) is 5.47. The van der Waals surface area contributed by atoms with E-state index in [9.17, 15) is 4.79 Å². The summed E-state index contributed by atoms with van der Waals surface area (Å²) in [5.41, 5.74) is 6.28. The molecule has 8 heteroatoms. The van der Waals surface area contributed by atoms with Crippen LogP contribution in [0.1, 0.15) is 26.2 Å². The normalized spacial score (nSPS) is 15.8. The molecule has 3 rings (SSSR count). The molecule has 0 radical (unpaired) electrons. The molecule has 2 heterocycles. The molecular formula is C17H23N5O2S. The second-order valence-corrected chi connectivity index (χ2v) is 7.31. The van der Waals surface area contributed by atoms with Crippen molar-refractivity contribution in [3.63, 3.8) is 0 Å². The summed E-state index contributed by atoms with van der Waals surface area (Å²) in [6.07, 6.45) is 3.51. The van der Waals surface area contributed by atoms with Gasteiger partial charge < -0.3 is 15.4 Å². The molecule has 1 fully saturated rings. The molecule has 25 heavy (non-hydrogen) atoms. The molecule has 0 aliphatic carbocycles. The fourth-order valence-electron chi connectivity index (χ4n) is 2.88. The van der Waals surface area contributed by atoms with Crippen molar-refractivity contribution in [1.29, 1.82) is 0 Å². The van der Waals surface area contributed by atoms with Crippen LogP contribution in [0.15, 0.2) is 29.4 Å². The zero-order valence-electron chi connectivity index (χ0n) is 14.5. The number of para-hydroxylation sites is 2. The predicted molar refractivity (Wildman–Crippen MR) is 98.5 cm³/mol. The zero-order valence-corrected chi connectivity index (χ0v) is 15.3. The van der Waals surface area contributed by atoms with E-state index in [1.165, 1.54) is 18.2 Å². The molecule has 1 aliphatic heterocycles. The number of thioether (sulfide) groups is 1. The van der Waals surface area contributed by atoms with Gasteiger partial charge in [0.15, 0.2) is 5.16 Å². The molecule has 2 aromatic rings. The number of piperidine rings is 1. The lowest BCUT2D eigenvalue weighted by Crippen LogP contribution is -2.32. The highest BCUT2D eigenvalue weighted by atomic mass is 32.2. The molecule has 1 saturated heterocycles. The summed E-state index contributed by atoms with van der Waals surface area (Å²) in [6, 6.07) is 7.74. The SMILES string of the molecule is COc1ccccc1-n1c(SC(C)C(N)=O)nnc1N1CCCCC1. The van der Waals surface area contributed by atoms with E-state index in [0.29, 0.717) is 5.16 Å². The molecule has 0 bridgehead atoms. The summed E-state index contributed by atoms with van der Waals surface area (Å²) < 4.78 is 7.49. The number of anilines is 1. The number of hydrogen-bond donors (Lipinski definition) is 1. The van der Waals surface area contributed by atoms with Gasteiger partial charge in [-0.25, -0.2) is 0 Å². The first-order valence-electron chi connectivity index (χ1n) is 8.41. The Hall–Kier alpha value is -2.22. The number of rotatable bonds is 6. The van der Waals surface area contributed by atoms with Gasteiger partial charge in [0.1, 0.15) is 5.75 Å². The van der Waals surface area contributed by atoms with Crippen LogP contribution in [0.4, 0.5) is 5.95 Å². The third-order valence-electron chi connectivity index (χ3n) is 4.26. The van der Waals surface area contributed by atoms with Crippen LogP contribution in [0.3, 0.4) is 0 Å². The van der Waals surface area contributed by atoms with Crippen molar-refractivity contribution in [2.75, 3.05) is 25.1 Å². The Balaban J connectivity index is 2.07. The number of primary amides is 1. The second kappa shape index (κ2) is 7.77. The van der Waals surface area contributed by atoms with E-state index >= 15 is 0 Å². The molecule has 2 N–H and O–H groups in total. The lowest BCUT2D eigenvalue weighted by Gasteiger charge is -2.28. The first-order chi connectivity index (χ1) is 12.1. The number of carbonyl (C=O) groups is 1. The Morgan fingerprint density at radius 3 is 2.64 bits per heavy atom. The van der Waals surface area contributed by atoms with Gasteiger partial charge in [-0.1, -0.05) is 23.9 Å². The van der Waals surface area contributed by atoms with Crippen LogP contribution in [0.25, 0.3) is 5.69 Å². The summed E-state index contributed by atoms with van der Waals surface area (Å²) in [5.74, 6) is 1.14. The van der Waals surface area contributed by atoms with Crippen molar-refractivity contribution in [1.82, 2.24) is 14.8 Å². The van der Waals surface area contributed by atoms with Gasteiger partial charge in [-0.3, -0.25) is 9.36 Å². The van der Waals surface area contributed by atoms with E-state index in [1.54, 1.807) is 14.0 Å². The summed E-state index contributed by atoms with van der Waals surface area (Å²) in [7, 11) is 1.64. The average molecular weight is 361 g/mol. The molecule has 1 aromatic heterocycles. The second-order valence-electron chi connectivity index (χ2n) is 6.00. The summed E-state index contributed by atoms with van der Waals surface area (Å²) in [4.78, 5) is 13.7. The maximum atomic E-state index is 11.5. The highest BCUT2D eigenvalue weighted by Crippen LogP contribution is 2.34. The average Bonchev–Trinajstić information content (AvgIpc) is 3.05. The van der Waals surface area contributed by atoms with Gasteiger partial charge in [0.2, 0.25) is 11.9 Å². The van der Waals surface area contributed by atoms with Gasteiger partial charge in [0.05, 0.1) is 18.0 Å². The minimum atomic E-state index is -0.396. The Labute approximate surface area is 151 Å². The number of amides is 1. The number of hydrogen-bond acceptors (Lipinski definition) is 6. The van der Waals surface area contributed by atoms with Crippen molar-refractivity contribution in [3.05, 3.63) is 24.3 Å². The molecule has 0 spiro atoms. The number of carbonyl (C=O) groups excluding carboxylic acids is 1. The first-order valence-corrected chi connectivity index (χ1v) is 9.29. The van der Waals surface area contributed by atoms with Gasteiger partial charge in [-0.15, -0.1) is 10.2 Å². The van der Waals surface area contributed by atoms with Crippen molar-refractivity contribution in [2.45, 2.75) is 36.6 Å². The smallest absolute Gasteiger partial charge is 0.232 e. The van der Waals surface area contributed by atoms with Crippen LogP contribution < -0.4 is 15.4 Å². The molecular weight excluding hydrogens is 338 g/mol. The lowest BCUT2D eigenvalue weighted by atomic mass is 10.1. The van der Waals surface area contributed by atoms with Gasteiger partial charge in [0, 0.05) is 13.1 Å². The lowest BCUT2D eigenvalue weighted by molar-refractivity contribution is -0.117. The van der Waals surface area contributed by atoms with Crippen molar-refractivity contribution in [3.8, 4) is 11.4 Å². The minimum Gasteiger partial charge on any atom is -0.495 e. The minimum absolute atomic E-state index is 0.376. The van der Waals surface area contributed by atoms with Gasteiger partial charge in [0.25, 0.3) is 0 Å². The summed E-state index contributed by atoms with van der Waals surface area (Å²) in [6.45, 7) is 3.67. The van der Waals surface area contributed by atoms with Gasteiger partial charge >= 0.3 is 0 Å². The third-order valence-corrected chi connectivity index (χ3v) is 5.33. The monoisotopic (exact) mass is 361 g/mol. The summed E-state index contributed by atoms with van der Waals surface area (Å²) in [5, 5.41) is 8.99. The number of nitrogens with two attached hydrogens (primary N) is 1. The Morgan fingerprint density at radius 1 is 1.24 bits per heavy atom. The molecule has 1 aliphatic rings. The van der Waals surface area contributed by atoms with Crippen LogP contribution in [0.5, 0.6) is 5.75 Å². The number of methoxy groups -OCH3 is 1. The molecule has 1 amide bonds. The van der Waals surface area contributed by atoms with Crippen molar-refractivity contribution < 1.29 is 9.53 Å². The van der Waals surface area contributed by atoms with Gasteiger partial charge in [-0.2, -0.15) is 0 Å². The van der Waals surface area contributed by atoms with E-state index in [4.69, 9.17) is 10.5 Å². The van der Waals surface area contributed by atoms with Crippen molar-refractivity contribution in [2.24, 2.45) is 5.73 Å². The maximum Gasteiger partial charge on any atom is 0.232 e. The molecule has 1 unspecified atom stereocenters. The van der Waals surface area contributed by atoms with Crippen LogP contribution >= 0.6 is 11.8 Å². The highest BCUT2D eigenvalue weighted by molar-refractivity contribution is 8.00. The molecule has 134 valence electrons. The van der Waals surface area contributed by atoms with E-state index in [-0.39, 0.29) is 5.91 Å². The van der Waals surface area contributed by atoms with E-state index in [2.05, 4.69) is 15.1 Å². The fraction of sp³-hybridized carbons (Fsp3) is 0.471. The number of aromatic nitrogens is 3. The molecule has 0 saturated carbocycles. The van der Waals surface area contributed by atoms with E-state index in [1.807, 2.05) is 28.8 Å². The quantitative estimate of drug-likeness (QED) is 0.794. The van der Waals surface area contributed by atoms with Crippen molar-refractivity contribution >= 4 is 23.6 Å². The predicted octanol–water partition coefficient (Wildman–Crippen LogP) is 2.23. The zero-order chi connectivity index (χ0) is 17.8. The number of ether oxygens (including phenoxy) is 1. The molecule has 7 nitrogen and oxygen atoms in total. The van der Waals surface area contributed by atoms with Crippen LogP contribution in [-0.4, -0.2) is 46.1 Å². The third kappa shape index (κ3) is 3.73. The molecule has 1 atom stereocenters. The largest absolute Gasteiger partial charge is 0.495 e. The molecule has 1 aromatic carbocycles. The standard InChI is InChI=1S/C17H23N5O2S/c1-12(15(18)23)25-17-20-19-16(21-10-6-3-7-11-21)22(17)13-8-4-5-9-14(13)24-2/h4-5,8-9,12H,3,6-7,10-11H2,1-2H3,(H2,18,23). The van der Waals surface area contributed by atoms with Crippen LogP contribution in [0, 0.1) is 0 Å². The maximum absolute atomic E-state index is 11.5. The Bertz CT molecular complexity index is 742. The van der Waals surface area contributed by atoms with Crippen LogP contribution in [-0.2, 0) is 4.79 Å². The van der Waals surface area contributed by atoms with Gasteiger partial charge in [-0.05, 0) is 38.3 Å². The summed E-state index contributed by atoms with van der Waals surface area (Å²) >= 11 is 1.31. The van der Waals surface area contributed by atoms with E-state index < -0.39 is 5.25 Å². The number of nitrogens with zero attached hydrogens (tertiary/aromatic N) is 4. The Morgan fingerprint density at radius 2 is 1.96 bits per heavy atom. The van der Waals surface area contributed by atoms with Crippen LogP contribution in [0.2, 0.25) is 0 Å². The highest BCUT2D eigenvalue weighted by Gasteiger charge is 2.25. The topological polar surface area (TPSA) is 86.3 Å². The van der Waals surface area contributed by atoms with E-state index in [0.717, 1.165) is 43.3 Å². The number of benzene rings is 1. The fourth-order valence-corrected chi connectivity index (χ4v) is 3.68.